The van der Waals surface area contributed by atoms with Gasteiger partial charge in [0, 0.05) is 38.8 Å². The normalized spacial score (nSPS) is 21.5. The number of nitrogens with zero attached hydrogens (tertiary/aromatic N) is 3. The van der Waals surface area contributed by atoms with E-state index in [-0.39, 0.29) is 17.9 Å². The maximum Gasteiger partial charge on any atom is 0.271 e. The fraction of sp³-hybridized carbons (Fsp3) is 0.643. The molecule has 2 aliphatic heterocycles. The van der Waals surface area contributed by atoms with Gasteiger partial charge in [0.25, 0.3) is 5.91 Å². The summed E-state index contributed by atoms with van der Waals surface area (Å²) in [5.41, 5.74) is 0.440. The summed E-state index contributed by atoms with van der Waals surface area (Å²) in [6.45, 7) is 5.83. The number of aromatic nitrogens is 2. The number of fused-ring (bicyclic) bond motifs is 1. The van der Waals surface area contributed by atoms with Crippen LogP contribution in [0.5, 0.6) is 0 Å². The first-order chi connectivity index (χ1) is 10.2. The molecule has 3 rings (SSSR count). The number of rotatable bonds is 4. The van der Waals surface area contributed by atoms with Gasteiger partial charge in [-0.05, 0) is 6.42 Å². The van der Waals surface area contributed by atoms with Crippen molar-refractivity contribution in [2.75, 3.05) is 19.6 Å². The lowest BCUT2D eigenvalue weighted by Gasteiger charge is -2.15. The number of hydrogen-bond donors (Lipinski definition) is 2. The van der Waals surface area contributed by atoms with E-state index < -0.39 is 0 Å². The Bertz CT molecular complexity index is 530. The van der Waals surface area contributed by atoms with Gasteiger partial charge in [0.15, 0.2) is 0 Å². The van der Waals surface area contributed by atoms with E-state index in [1.165, 1.54) is 0 Å². The maximum absolute atomic E-state index is 12.3. The van der Waals surface area contributed by atoms with Gasteiger partial charge in [-0.2, -0.15) is 0 Å². The van der Waals surface area contributed by atoms with Gasteiger partial charge in [-0.15, -0.1) is 0 Å². The predicted octanol–water partition coefficient (Wildman–Crippen LogP) is -0.273. The van der Waals surface area contributed by atoms with E-state index in [0.717, 1.165) is 31.9 Å². The lowest BCUT2D eigenvalue weighted by atomic mass is 10.2. The number of carbonyl (C=O) groups excluding carboxylic acids is 2. The van der Waals surface area contributed by atoms with E-state index in [0.29, 0.717) is 25.2 Å². The first kappa shape index (κ1) is 14.1. The molecule has 114 valence electrons. The molecule has 0 unspecified atom stereocenters. The van der Waals surface area contributed by atoms with Crippen LogP contribution >= 0.6 is 0 Å². The first-order valence-corrected chi connectivity index (χ1v) is 7.52. The van der Waals surface area contributed by atoms with Crippen LogP contribution in [0.3, 0.4) is 0 Å². The van der Waals surface area contributed by atoms with E-state index in [1.807, 2.05) is 16.4 Å². The summed E-state index contributed by atoms with van der Waals surface area (Å²) < 4.78 is 2.01. The summed E-state index contributed by atoms with van der Waals surface area (Å²) in [6.07, 6.45) is 3.13. The fourth-order valence-corrected chi connectivity index (χ4v) is 2.91. The SMILES string of the molecule is CCCN1C[C@@H](NC(=O)c2cn3c(n2)CNCC3)CC1=O. The van der Waals surface area contributed by atoms with Crippen LogP contribution in [0.2, 0.25) is 0 Å². The molecule has 2 N–H and O–H groups in total. The van der Waals surface area contributed by atoms with Crippen LogP contribution in [0.1, 0.15) is 36.1 Å². The van der Waals surface area contributed by atoms with Crippen molar-refractivity contribution in [3.63, 3.8) is 0 Å². The number of amides is 2. The van der Waals surface area contributed by atoms with E-state index in [9.17, 15) is 9.59 Å². The zero-order valence-corrected chi connectivity index (χ0v) is 12.3. The molecule has 1 aromatic heterocycles. The predicted molar refractivity (Wildman–Crippen MR) is 76.7 cm³/mol. The molecule has 3 heterocycles. The van der Waals surface area contributed by atoms with Crippen molar-refractivity contribution < 1.29 is 9.59 Å². The van der Waals surface area contributed by atoms with Crippen LogP contribution in [0.25, 0.3) is 0 Å². The molecule has 0 bridgehead atoms. The second-order valence-corrected chi connectivity index (χ2v) is 5.63. The van der Waals surface area contributed by atoms with Crippen LogP contribution in [-0.2, 0) is 17.9 Å². The molecule has 2 amide bonds. The van der Waals surface area contributed by atoms with E-state index in [1.54, 1.807) is 6.20 Å². The number of likely N-dealkylation sites (tertiary alicyclic amines) is 1. The Morgan fingerprint density at radius 1 is 1.57 bits per heavy atom. The van der Waals surface area contributed by atoms with Gasteiger partial charge in [-0.25, -0.2) is 4.98 Å². The lowest BCUT2D eigenvalue weighted by molar-refractivity contribution is -0.127. The van der Waals surface area contributed by atoms with Crippen molar-refractivity contribution in [3.8, 4) is 0 Å². The molecule has 1 aromatic rings. The Kier molecular flexibility index (Phi) is 3.92. The zero-order chi connectivity index (χ0) is 14.8. The Morgan fingerprint density at radius 2 is 2.43 bits per heavy atom. The van der Waals surface area contributed by atoms with E-state index in [4.69, 9.17) is 0 Å². The Hall–Kier alpha value is -1.89. The second kappa shape index (κ2) is 5.85. The Balaban J connectivity index is 1.62. The smallest absolute Gasteiger partial charge is 0.271 e. The molecule has 0 saturated carbocycles. The molecule has 1 saturated heterocycles. The second-order valence-electron chi connectivity index (χ2n) is 5.63. The molecule has 0 radical (unpaired) electrons. The summed E-state index contributed by atoms with van der Waals surface area (Å²) in [5.74, 6) is 0.824. The monoisotopic (exact) mass is 291 g/mol. The standard InChI is InChI=1S/C14H21N5O2/c1-2-4-19-8-10(6-13(19)20)16-14(21)11-9-18-5-3-15-7-12(18)17-11/h9-10,15H,2-8H2,1H3,(H,16,21)/t10-/m0/s1. The Morgan fingerprint density at radius 3 is 3.19 bits per heavy atom. The van der Waals surface area contributed by atoms with Gasteiger partial charge in [0.1, 0.15) is 11.5 Å². The number of carbonyl (C=O) groups is 2. The minimum Gasteiger partial charge on any atom is -0.346 e. The van der Waals surface area contributed by atoms with Crippen LogP contribution in [0.4, 0.5) is 0 Å². The third-order valence-corrected chi connectivity index (χ3v) is 3.95. The van der Waals surface area contributed by atoms with Crippen molar-refractivity contribution in [1.82, 2.24) is 25.1 Å². The molecular weight excluding hydrogens is 270 g/mol. The first-order valence-electron chi connectivity index (χ1n) is 7.52. The molecule has 0 aliphatic carbocycles. The fourth-order valence-electron chi connectivity index (χ4n) is 2.91. The maximum atomic E-state index is 12.3. The highest BCUT2D eigenvalue weighted by Crippen LogP contribution is 2.13. The molecule has 0 aromatic carbocycles. The van der Waals surface area contributed by atoms with Gasteiger partial charge >= 0.3 is 0 Å². The van der Waals surface area contributed by atoms with Crippen LogP contribution in [0.15, 0.2) is 6.20 Å². The van der Waals surface area contributed by atoms with E-state index in [2.05, 4.69) is 15.6 Å². The van der Waals surface area contributed by atoms with Crippen molar-refractivity contribution in [2.24, 2.45) is 0 Å². The molecule has 2 aliphatic rings. The van der Waals surface area contributed by atoms with Crippen LogP contribution < -0.4 is 10.6 Å². The molecular formula is C14H21N5O2. The summed E-state index contributed by atoms with van der Waals surface area (Å²) in [7, 11) is 0. The Labute approximate surface area is 123 Å². The van der Waals surface area contributed by atoms with Crippen molar-refractivity contribution in [2.45, 2.75) is 38.9 Å². The highest BCUT2D eigenvalue weighted by atomic mass is 16.2. The highest BCUT2D eigenvalue weighted by Gasteiger charge is 2.30. The quantitative estimate of drug-likeness (QED) is 0.800. The zero-order valence-electron chi connectivity index (χ0n) is 12.3. The largest absolute Gasteiger partial charge is 0.346 e. The number of nitrogens with one attached hydrogen (secondary N) is 2. The molecule has 0 spiro atoms. The highest BCUT2D eigenvalue weighted by molar-refractivity contribution is 5.93. The van der Waals surface area contributed by atoms with Gasteiger partial charge < -0.3 is 20.1 Å². The van der Waals surface area contributed by atoms with Gasteiger partial charge in [-0.3, -0.25) is 9.59 Å². The van der Waals surface area contributed by atoms with Crippen LogP contribution in [-0.4, -0.2) is 51.9 Å². The number of hydrogen-bond acceptors (Lipinski definition) is 4. The third kappa shape index (κ3) is 2.92. The molecule has 1 atom stereocenters. The minimum absolute atomic E-state index is 0.103. The molecule has 7 heteroatoms. The summed E-state index contributed by atoms with van der Waals surface area (Å²) in [6, 6.07) is -0.103. The van der Waals surface area contributed by atoms with Gasteiger partial charge in [0.2, 0.25) is 5.91 Å². The van der Waals surface area contributed by atoms with E-state index >= 15 is 0 Å². The average Bonchev–Trinajstić information content (AvgIpc) is 3.03. The molecule has 7 nitrogen and oxygen atoms in total. The van der Waals surface area contributed by atoms with Gasteiger partial charge in [0.05, 0.1) is 12.6 Å². The van der Waals surface area contributed by atoms with Crippen LogP contribution in [0, 0.1) is 0 Å². The van der Waals surface area contributed by atoms with Crippen molar-refractivity contribution >= 4 is 11.8 Å². The molecule has 1 fully saturated rings. The minimum atomic E-state index is -0.187. The summed E-state index contributed by atoms with van der Waals surface area (Å²) in [5, 5.41) is 6.15. The molecule has 21 heavy (non-hydrogen) atoms. The van der Waals surface area contributed by atoms with Crippen molar-refractivity contribution in [1.29, 1.82) is 0 Å². The summed E-state index contributed by atoms with van der Waals surface area (Å²) >= 11 is 0. The third-order valence-electron chi connectivity index (χ3n) is 3.95. The lowest BCUT2D eigenvalue weighted by Crippen LogP contribution is -2.37. The topological polar surface area (TPSA) is 79.3 Å². The summed E-state index contributed by atoms with van der Waals surface area (Å²) in [4.78, 5) is 30.2. The number of imidazole rings is 1. The average molecular weight is 291 g/mol. The van der Waals surface area contributed by atoms with Crippen molar-refractivity contribution in [3.05, 3.63) is 17.7 Å². The van der Waals surface area contributed by atoms with Gasteiger partial charge in [-0.1, -0.05) is 6.92 Å².